The first-order valence-electron chi connectivity index (χ1n) is 13.5. The normalized spacial score (nSPS) is 11.9. The van der Waals surface area contributed by atoms with E-state index < -0.39 is 11.0 Å². The molecule has 1 atom stereocenters. The van der Waals surface area contributed by atoms with E-state index in [-0.39, 0.29) is 22.7 Å². The van der Waals surface area contributed by atoms with E-state index in [1.165, 1.54) is 18.2 Å². The maximum atomic E-state index is 14.0. The number of nitro groups is 1. The second kappa shape index (κ2) is 12.5. The van der Waals surface area contributed by atoms with Crippen LogP contribution < -0.4 is 5.56 Å². The van der Waals surface area contributed by atoms with Crippen LogP contribution in [0.1, 0.15) is 73.7 Å². The highest BCUT2D eigenvalue weighted by atomic mass is 16.6. The number of aryl methyl sites for hydroxylation is 1. The molecule has 8 heteroatoms. The molecular weight excluding hydrogens is 492 g/mol. The zero-order chi connectivity index (χ0) is 27.9. The Kier molecular flexibility index (Phi) is 8.86. The molecule has 39 heavy (non-hydrogen) atoms. The molecule has 1 unspecified atom stereocenters. The Morgan fingerprint density at radius 1 is 1.00 bits per heavy atom. The van der Waals surface area contributed by atoms with Crippen LogP contribution in [0.5, 0.6) is 0 Å². The number of aromatic nitrogens is 2. The first kappa shape index (κ1) is 27.7. The van der Waals surface area contributed by atoms with Gasteiger partial charge in [0.15, 0.2) is 0 Å². The van der Waals surface area contributed by atoms with Crippen LogP contribution in [-0.2, 0) is 0 Å². The van der Waals surface area contributed by atoms with Gasteiger partial charge in [0.05, 0.1) is 27.6 Å². The predicted octanol–water partition coefficient (Wildman–Crippen LogP) is 6.78. The monoisotopic (exact) mass is 526 g/mol. The van der Waals surface area contributed by atoms with E-state index in [4.69, 9.17) is 4.98 Å². The average Bonchev–Trinajstić information content (AvgIpc) is 2.94. The Hall–Kier alpha value is -4.33. The Morgan fingerprint density at radius 2 is 1.77 bits per heavy atom. The van der Waals surface area contributed by atoms with Crippen molar-refractivity contribution in [2.45, 2.75) is 58.9 Å². The van der Waals surface area contributed by atoms with E-state index >= 15 is 0 Å². The molecule has 0 N–H and O–H groups in total. The van der Waals surface area contributed by atoms with E-state index in [0.717, 1.165) is 31.2 Å². The third-order valence-electron chi connectivity index (χ3n) is 6.94. The number of nitro benzene ring substituents is 1. The molecule has 1 heterocycles. The number of unbranched alkanes of at least 4 members (excludes halogenated alkanes) is 3. The number of carbonyl (C=O) groups is 1. The molecule has 1 aromatic heterocycles. The van der Waals surface area contributed by atoms with Crippen molar-refractivity contribution in [3.05, 3.63) is 110 Å². The SMILES string of the molecule is CCCCCCN(C(=O)c1cccc([N+](=O)[O-])c1)C(CC)c1nc2ccccc2c(=O)n1-c1cccc(C)c1. The third-order valence-corrected chi connectivity index (χ3v) is 6.94. The maximum Gasteiger partial charge on any atom is 0.270 e. The summed E-state index contributed by atoms with van der Waals surface area (Å²) in [5.74, 6) is 0.154. The van der Waals surface area contributed by atoms with Gasteiger partial charge in [0.2, 0.25) is 0 Å². The molecule has 0 aliphatic rings. The number of para-hydroxylation sites is 1. The molecule has 4 rings (SSSR count). The van der Waals surface area contributed by atoms with E-state index in [0.29, 0.717) is 35.4 Å². The van der Waals surface area contributed by atoms with Gasteiger partial charge in [-0.25, -0.2) is 4.98 Å². The topological polar surface area (TPSA) is 98.3 Å². The van der Waals surface area contributed by atoms with Crippen molar-refractivity contribution in [1.29, 1.82) is 0 Å². The molecule has 0 spiro atoms. The minimum Gasteiger partial charge on any atom is -0.328 e. The highest BCUT2D eigenvalue weighted by Crippen LogP contribution is 2.29. The smallest absolute Gasteiger partial charge is 0.270 e. The lowest BCUT2D eigenvalue weighted by Gasteiger charge is -2.32. The van der Waals surface area contributed by atoms with Crippen LogP contribution in [0.25, 0.3) is 16.6 Å². The van der Waals surface area contributed by atoms with Crippen LogP contribution in [0.2, 0.25) is 0 Å². The summed E-state index contributed by atoms with van der Waals surface area (Å²) in [5.41, 5.74) is 2.14. The fourth-order valence-electron chi connectivity index (χ4n) is 4.96. The number of hydrogen-bond acceptors (Lipinski definition) is 5. The van der Waals surface area contributed by atoms with Gasteiger partial charge in [-0.3, -0.25) is 24.3 Å². The minimum absolute atomic E-state index is 0.139. The van der Waals surface area contributed by atoms with Crippen LogP contribution in [0.4, 0.5) is 5.69 Å². The molecule has 3 aromatic carbocycles. The van der Waals surface area contributed by atoms with Crippen molar-refractivity contribution in [1.82, 2.24) is 14.5 Å². The number of fused-ring (bicyclic) bond motifs is 1. The van der Waals surface area contributed by atoms with Crippen molar-refractivity contribution < 1.29 is 9.72 Å². The fraction of sp³-hybridized carbons (Fsp3) is 0.323. The van der Waals surface area contributed by atoms with Gasteiger partial charge in [-0.05, 0) is 55.7 Å². The molecule has 8 nitrogen and oxygen atoms in total. The van der Waals surface area contributed by atoms with Gasteiger partial charge in [0, 0.05) is 24.2 Å². The zero-order valence-electron chi connectivity index (χ0n) is 22.7. The third kappa shape index (κ3) is 6.06. The number of amides is 1. The summed E-state index contributed by atoms with van der Waals surface area (Å²) in [5, 5.41) is 11.9. The van der Waals surface area contributed by atoms with Crippen molar-refractivity contribution >= 4 is 22.5 Å². The Balaban J connectivity index is 1.90. The summed E-state index contributed by atoms with van der Waals surface area (Å²) in [4.78, 5) is 45.5. The van der Waals surface area contributed by atoms with Crippen molar-refractivity contribution in [3.63, 3.8) is 0 Å². The second-order valence-electron chi connectivity index (χ2n) is 9.76. The van der Waals surface area contributed by atoms with Gasteiger partial charge in [0.1, 0.15) is 5.82 Å². The average molecular weight is 527 g/mol. The first-order chi connectivity index (χ1) is 18.8. The van der Waals surface area contributed by atoms with E-state index in [2.05, 4.69) is 6.92 Å². The molecule has 0 aliphatic carbocycles. The summed E-state index contributed by atoms with van der Waals surface area (Å²) < 4.78 is 1.61. The van der Waals surface area contributed by atoms with Gasteiger partial charge in [-0.1, -0.05) is 63.4 Å². The number of hydrogen-bond donors (Lipinski definition) is 0. The molecule has 4 aromatic rings. The molecule has 0 fully saturated rings. The molecule has 0 aliphatic heterocycles. The van der Waals surface area contributed by atoms with Crippen molar-refractivity contribution in [3.8, 4) is 5.69 Å². The summed E-state index contributed by atoms with van der Waals surface area (Å²) in [7, 11) is 0. The standard InChI is InChI=1S/C31H34N4O4/c1-4-6-7-10-19-33(30(36)23-14-12-16-25(21-23)35(38)39)28(5-2)29-32-27-18-9-8-17-26(27)31(37)34(29)24-15-11-13-22(3)20-24/h8-9,11-18,20-21,28H,4-7,10,19H2,1-3H3. The summed E-state index contributed by atoms with van der Waals surface area (Å²) in [6.45, 7) is 6.50. The second-order valence-corrected chi connectivity index (χ2v) is 9.76. The van der Waals surface area contributed by atoms with Crippen LogP contribution in [-0.4, -0.2) is 31.8 Å². The minimum atomic E-state index is -0.531. The number of nitrogens with zero attached hydrogens (tertiary/aromatic N) is 4. The lowest BCUT2D eigenvalue weighted by atomic mass is 10.1. The Labute approximate surface area is 228 Å². The molecule has 0 saturated heterocycles. The Morgan fingerprint density at radius 3 is 2.49 bits per heavy atom. The van der Waals surface area contributed by atoms with Crippen LogP contribution >= 0.6 is 0 Å². The van der Waals surface area contributed by atoms with E-state index in [1.807, 2.05) is 56.3 Å². The molecule has 0 radical (unpaired) electrons. The van der Waals surface area contributed by atoms with E-state index in [9.17, 15) is 19.7 Å². The zero-order valence-corrected chi connectivity index (χ0v) is 22.7. The van der Waals surface area contributed by atoms with Crippen LogP contribution in [0, 0.1) is 17.0 Å². The number of rotatable bonds is 11. The maximum absolute atomic E-state index is 14.0. The van der Waals surface area contributed by atoms with Crippen molar-refractivity contribution in [2.75, 3.05) is 6.54 Å². The lowest BCUT2D eigenvalue weighted by molar-refractivity contribution is -0.384. The van der Waals surface area contributed by atoms with Gasteiger partial charge in [-0.2, -0.15) is 0 Å². The quantitative estimate of drug-likeness (QED) is 0.122. The fourth-order valence-corrected chi connectivity index (χ4v) is 4.96. The number of carbonyl (C=O) groups excluding carboxylic acids is 1. The van der Waals surface area contributed by atoms with E-state index in [1.54, 1.807) is 21.6 Å². The molecule has 202 valence electrons. The van der Waals surface area contributed by atoms with Crippen LogP contribution in [0.3, 0.4) is 0 Å². The number of non-ortho nitro benzene ring substituents is 1. The lowest BCUT2D eigenvalue weighted by Crippen LogP contribution is -2.39. The van der Waals surface area contributed by atoms with Crippen LogP contribution in [0.15, 0.2) is 77.6 Å². The molecule has 0 bridgehead atoms. The molecule has 1 amide bonds. The summed E-state index contributed by atoms with van der Waals surface area (Å²) in [6, 6.07) is 20.2. The first-order valence-corrected chi connectivity index (χ1v) is 13.5. The van der Waals surface area contributed by atoms with Gasteiger partial charge in [-0.15, -0.1) is 0 Å². The number of benzene rings is 3. The van der Waals surface area contributed by atoms with Gasteiger partial charge in [0.25, 0.3) is 17.2 Å². The largest absolute Gasteiger partial charge is 0.328 e. The summed E-state index contributed by atoms with van der Waals surface area (Å²) >= 11 is 0. The summed E-state index contributed by atoms with van der Waals surface area (Å²) in [6.07, 6.45) is 4.31. The van der Waals surface area contributed by atoms with Gasteiger partial charge >= 0.3 is 0 Å². The van der Waals surface area contributed by atoms with Crippen molar-refractivity contribution in [2.24, 2.45) is 0 Å². The predicted molar refractivity (Wildman–Crippen MR) is 153 cm³/mol. The highest BCUT2D eigenvalue weighted by molar-refractivity contribution is 5.95. The molecule has 0 saturated carbocycles. The Bertz CT molecular complexity index is 1550. The highest BCUT2D eigenvalue weighted by Gasteiger charge is 2.30. The van der Waals surface area contributed by atoms with Gasteiger partial charge < -0.3 is 4.90 Å². The molecular formula is C31H34N4O4.